The molecule has 0 aliphatic heterocycles. The highest BCUT2D eigenvalue weighted by molar-refractivity contribution is 5.96. The van der Waals surface area contributed by atoms with Crippen molar-refractivity contribution in [1.82, 2.24) is 20.9 Å². The maximum atomic E-state index is 13.2. The third-order valence-electron chi connectivity index (χ3n) is 6.36. The highest BCUT2D eigenvalue weighted by Crippen LogP contribution is 2.19. The second-order valence-corrected chi connectivity index (χ2v) is 9.65. The average Bonchev–Trinajstić information content (AvgIpc) is 3.31. The molecule has 1 aromatic carbocycles. The van der Waals surface area contributed by atoms with E-state index in [9.17, 15) is 33.9 Å². The first-order chi connectivity index (χ1) is 19.4. The molecule has 1 aromatic heterocycles. The number of primary amides is 2. The van der Waals surface area contributed by atoms with Gasteiger partial charge >= 0.3 is 5.97 Å². The average molecular weight is 575 g/mol. The van der Waals surface area contributed by atoms with Crippen LogP contribution in [0.2, 0.25) is 0 Å². The van der Waals surface area contributed by atoms with Crippen molar-refractivity contribution in [3.63, 3.8) is 0 Å². The van der Waals surface area contributed by atoms with Crippen molar-refractivity contribution in [2.45, 2.75) is 69.1 Å². The third kappa shape index (κ3) is 10.5. The lowest BCUT2D eigenvalue weighted by molar-refractivity contribution is -0.142. The fourth-order valence-corrected chi connectivity index (χ4v) is 4.17. The minimum absolute atomic E-state index is 0.149. The number of amides is 5. The van der Waals surface area contributed by atoms with Gasteiger partial charge in [-0.15, -0.1) is 0 Å². The Hall–Kier alpha value is -4.50. The molecule has 0 saturated carbocycles. The maximum absolute atomic E-state index is 13.2. The smallest absolute Gasteiger partial charge is 0.326 e. The predicted octanol–water partition coefficient (Wildman–Crippen LogP) is -2.15. The van der Waals surface area contributed by atoms with Gasteiger partial charge in [0.25, 0.3) is 0 Å². The molecule has 0 bridgehead atoms. The summed E-state index contributed by atoms with van der Waals surface area (Å²) in [5, 5.41) is 17.4. The topological polar surface area (TPSA) is 279 Å². The van der Waals surface area contributed by atoms with E-state index >= 15 is 0 Å². The number of unbranched alkanes of at least 4 members (excludes halogenated alkanes) is 1. The number of hydrogen-bond acceptors (Lipinski definition) is 8. The molecule has 0 fully saturated rings. The van der Waals surface area contributed by atoms with Gasteiger partial charge in [-0.05, 0) is 50.3 Å². The van der Waals surface area contributed by atoms with Crippen LogP contribution in [0.5, 0.6) is 0 Å². The van der Waals surface area contributed by atoms with E-state index < -0.39 is 66.1 Å². The normalized spacial score (nSPS) is 13.9. The molecule has 5 amide bonds. The van der Waals surface area contributed by atoms with Gasteiger partial charge in [-0.1, -0.05) is 18.2 Å². The van der Waals surface area contributed by atoms with Crippen molar-refractivity contribution < 1.29 is 33.9 Å². The number of aromatic amines is 1. The number of carboxylic acids is 1. The fraction of sp³-hybridized carbons (Fsp3) is 0.462. The Morgan fingerprint density at radius 2 is 1.46 bits per heavy atom. The second-order valence-electron chi connectivity index (χ2n) is 9.65. The van der Waals surface area contributed by atoms with Gasteiger partial charge in [-0.25, -0.2) is 4.79 Å². The summed E-state index contributed by atoms with van der Waals surface area (Å²) in [5.41, 5.74) is 23.7. The molecular formula is C26H38N8O7. The van der Waals surface area contributed by atoms with Crippen molar-refractivity contribution in [3.05, 3.63) is 36.0 Å². The van der Waals surface area contributed by atoms with E-state index in [0.29, 0.717) is 19.4 Å². The van der Waals surface area contributed by atoms with Gasteiger partial charge in [0, 0.05) is 23.5 Å². The van der Waals surface area contributed by atoms with Crippen LogP contribution < -0.4 is 38.9 Å². The molecule has 0 spiro atoms. The minimum Gasteiger partial charge on any atom is -0.480 e. The lowest BCUT2D eigenvalue weighted by Crippen LogP contribution is -2.58. The Balaban J connectivity index is 2.14. The number of H-pyrrole nitrogens is 1. The molecule has 224 valence electrons. The van der Waals surface area contributed by atoms with E-state index in [0.717, 1.165) is 16.5 Å². The van der Waals surface area contributed by atoms with Gasteiger partial charge in [0.1, 0.15) is 18.1 Å². The predicted molar refractivity (Wildman–Crippen MR) is 149 cm³/mol. The number of aliphatic carboxylic acids is 1. The summed E-state index contributed by atoms with van der Waals surface area (Å²) in [4.78, 5) is 76.3. The van der Waals surface area contributed by atoms with Gasteiger partial charge < -0.3 is 49.0 Å². The molecular weight excluding hydrogens is 536 g/mol. The van der Waals surface area contributed by atoms with Crippen molar-refractivity contribution in [1.29, 1.82) is 0 Å². The number of carboxylic acid groups (broad SMARTS) is 1. The summed E-state index contributed by atoms with van der Waals surface area (Å²) in [6.45, 7) is 0.344. The summed E-state index contributed by atoms with van der Waals surface area (Å²) in [7, 11) is 0. The van der Waals surface area contributed by atoms with Crippen LogP contribution in [-0.2, 0) is 35.2 Å². The van der Waals surface area contributed by atoms with Gasteiger partial charge in [0.2, 0.25) is 29.5 Å². The second kappa shape index (κ2) is 15.9. The Bertz CT molecular complexity index is 1250. The zero-order valence-electron chi connectivity index (χ0n) is 22.6. The Morgan fingerprint density at radius 3 is 2.10 bits per heavy atom. The van der Waals surface area contributed by atoms with Gasteiger partial charge in [-0.3, -0.25) is 24.0 Å². The number of aromatic nitrogens is 1. The van der Waals surface area contributed by atoms with E-state index in [1.54, 1.807) is 6.20 Å². The van der Waals surface area contributed by atoms with Gasteiger partial charge in [-0.2, -0.15) is 0 Å². The van der Waals surface area contributed by atoms with E-state index in [4.69, 9.17) is 22.9 Å². The van der Waals surface area contributed by atoms with E-state index in [-0.39, 0.29) is 25.7 Å². The number of rotatable bonds is 18. The van der Waals surface area contributed by atoms with E-state index in [1.165, 1.54) is 0 Å². The number of benzene rings is 1. The SMILES string of the molecule is NCCCCC(NC(=O)C(N)Cc1c[nH]c2ccccc12)C(=O)NC(CC(N)=O)C(=O)NC(CCC(N)=O)C(=O)O. The number of hydrogen-bond donors (Lipinski definition) is 9. The lowest BCUT2D eigenvalue weighted by atomic mass is 10.0. The highest BCUT2D eigenvalue weighted by Gasteiger charge is 2.31. The Labute approximate surface area is 236 Å². The number of nitrogens with one attached hydrogen (secondary N) is 4. The molecule has 0 aliphatic rings. The van der Waals surface area contributed by atoms with Crippen molar-refractivity contribution in [2.24, 2.45) is 22.9 Å². The van der Waals surface area contributed by atoms with Crippen molar-refractivity contribution in [2.75, 3.05) is 6.54 Å². The number of carbonyl (C=O) groups excluding carboxylic acids is 5. The Kier molecular flexibility index (Phi) is 12.7. The van der Waals surface area contributed by atoms with Crippen LogP contribution in [-0.4, -0.2) is 76.3 Å². The summed E-state index contributed by atoms with van der Waals surface area (Å²) < 4.78 is 0. The first-order valence-electron chi connectivity index (χ1n) is 13.1. The summed E-state index contributed by atoms with van der Waals surface area (Å²) in [5.74, 6) is -5.60. The first-order valence-corrected chi connectivity index (χ1v) is 13.1. The largest absolute Gasteiger partial charge is 0.480 e. The molecule has 15 heteroatoms. The molecule has 15 nitrogen and oxygen atoms in total. The van der Waals surface area contributed by atoms with E-state index in [1.807, 2.05) is 24.3 Å². The third-order valence-corrected chi connectivity index (χ3v) is 6.36. The van der Waals surface area contributed by atoms with Crippen LogP contribution in [0.4, 0.5) is 0 Å². The molecule has 0 aliphatic carbocycles. The molecule has 0 radical (unpaired) electrons. The quantitative estimate of drug-likeness (QED) is 0.0876. The van der Waals surface area contributed by atoms with Crippen LogP contribution in [0.3, 0.4) is 0 Å². The first kappa shape index (κ1) is 32.7. The summed E-state index contributed by atoms with van der Waals surface area (Å²) in [6, 6.07) is 2.29. The molecule has 2 aromatic rings. The molecule has 0 saturated heterocycles. The van der Waals surface area contributed by atoms with Crippen LogP contribution >= 0.6 is 0 Å². The van der Waals surface area contributed by atoms with Crippen LogP contribution in [0, 0.1) is 0 Å². The van der Waals surface area contributed by atoms with Crippen molar-refractivity contribution >= 4 is 46.4 Å². The molecule has 4 unspecified atom stereocenters. The van der Waals surface area contributed by atoms with Gasteiger partial charge in [0.05, 0.1) is 12.5 Å². The molecule has 2 rings (SSSR count). The molecule has 4 atom stereocenters. The van der Waals surface area contributed by atoms with Crippen LogP contribution in [0.1, 0.15) is 44.1 Å². The Morgan fingerprint density at radius 1 is 0.829 bits per heavy atom. The number of para-hydroxylation sites is 1. The number of carbonyl (C=O) groups is 6. The highest BCUT2D eigenvalue weighted by atomic mass is 16.4. The zero-order valence-corrected chi connectivity index (χ0v) is 22.6. The van der Waals surface area contributed by atoms with Crippen molar-refractivity contribution in [3.8, 4) is 0 Å². The van der Waals surface area contributed by atoms with Gasteiger partial charge in [0.15, 0.2) is 0 Å². The summed E-state index contributed by atoms with van der Waals surface area (Å²) in [6.07, 6.45) is 1.81. The van der Waals surface area contributed by atoms with E-state index in [2.05, 4.69) is 20.9 Å². The summed E-state index contributed by atoms with van der Waals surface area (Å²) >= 11 is 0. The van der Waals surface area contributed by atoms with Crippen LogP contribution in [0.25, 0.3) is 10.9 Å². The molecule has 13 N–H and O–H groups in total. The zero-order chi connectivity index (χ0) is 30.5. The standard InChI is InChI=1S/C26H38N8O7/c27-10-4-3-7-18(32-23(37)16(28)11-14-13-31-17-6-2-1-5-15(14)17)24(38)34-20(12-22(30)36)25(39)33-19(26(40)41)8-9-21(29)35/h1-2,5-6,13,16,18-20,31H,3-4,7-12,27-28H2,(H2,29,35)(H2,30,36)(H,32,37)(H,33,39)(H,34,38)(H,40,41). The fourth-order valence-electron chi connectivity index (χ4n) is 4.17. The maximum Gasteiger partial charge on any atom is 0.326 e. The molecule has 41 heavy (non-hydrogen) atoms. The van der Waals surface area contributed by atoms with Crippen LogP contribution in [0.15, 0.2) is 30.5 Å². The number of fused-ring (bicyclic) bond motifs is 1. The monoisotopic (exact) mass is 574 g/mol. The number of nitrogens with two attached hydrogens (primary N) is 4. The lowest BCUT2D eigenvalue weighted by Gasteiger charge is -2.25. The minimum atomic E-state index is -1.55. The molecule has 1 heterocycles.